The summed E-state index contributed by atoms with van der Waals surface area (Å²) in [5.41, 5.74) is 4.35. The third kappa shape index (κ3) is 2.64. The first-order valence-corrected chi connectivity index (χ1v) is 7.90. The van der Waals surface area contributed by atoms with Crippen LogP contribution in [0.2, 0.25) is 0 Å². The van der Waals surface area contributed by atoms with Crippen LogP contribution in [0.4, 0.5) is 11.4 Å². The third-order valence-electron chi connectivity index (χ3n) is 5.06. The molecular formula is C17H27N3. The molecule has 1 aromatic carbocycles. The van der Waals surface area contributed by atoms with Gasteiger partial charge in [0, 0.05) is 38.1 Å². The van der Waals surface area contributed by atoms with Gasteiger partial charge in [0.1, 0.15) is 0 Å². The minimum atomic E-state index is 0.700. The largest absolute Gasteiger partial charge is 0.374 e. The monoisotopic (exact) mass is 273 g/mol. The van der Waals surface area contributed by atoms with Crippen molar-refractivity contribution in [1.29, 1.82) is 0 Å². The summed E-state index contributed by atoms with van der Waals surface area (Å²) in [5.74, 6) is 0. The average Bonchev–Trinajstić information content (AvgIpc) is 2.47. The molecule has 1 saturated heterocycles. The molecule has 0 N–H and O–H groups in total. The summed E-state index contributed by atoms with van der Waals surface area (Å²) in [6.07, 6.45) is 5.08. The number of anilines is 2. The molecule has 1 aromatic rings. The SMILES string of the molecule is CN1CCC(N(C)c2ccc3c(c2)CCCN3C)CC1. The molecule has 0 spiro atoms. The minimum absolute atomic E-state index is 0.700. The number of benzene rings is 1. The number of rotatable bonds is 2. The van der Waals surface area contributed by atoms with Crippen LogP contribution in [0.5, 0.6) is 0 Å². The van der Waals surface area contributed by atoms with E-state index in [1.807, 2.05) is 0 Å². The smallest absolute Gasteiger partial charge is 0.0397 e. The van der Waals surface area contributed by atoms with E-state index >= 15 is 0 Å². The lowest BCUT2D eigenvalue weighted by atomic mass is 9.99. The minimum Gasteiger partial charge on any atom is -0.374 e. The van der Waals surface area contributed by atoms with Crippen LogP contribution in [0, 0.1) is 0 Å². The zero-order valence-corrected chi connectivity index (χ0v) is 13.1. The lowest BCUT2D eigenvalue weighted by Gasteiger charge is -2.37. The first-order chi connectivity index (χ1) is 9.65. The summed E-state index contributed by atoms with van der Waals surface area (Å²) in [6, 6.07) is 7.74. The van der Waals surface area contributed by atoms with Gasteiger partial charge in [0.15, 0.2) is 0 Å². The van der Waals surface area contributed by atoms with Crippen LogP contribution >= 0.6 is 0 Å². The van der Waals surface area contributed by atoms with Crippen LogP contribution in [0.1, 0.15) is 24.8 Å². The molecule has 2 heterocycles. The normalized spacial score (nSPS) is 20.9. The van der Waals surface area contributed by atoms with Crippen molar-refractivity contribution in [3.8, 4) is 0 Å². The number of nitrogens with zero attached hydrogens (tertiary/aromatic N) is 3. The number of piperidine rings is 1. The van der Waals surface area contributed by atoms with Crippen LogP contribution in [0.15, 0.2) is 18.2 Å². The molecule has 2 aliphatic heterocycles. The Bertz CT molecular complexity index is 463. The molecule has 0 aromatic heterocycles. The highest BCUT2D eigenvalue weighted by Gasteiger charge is 2.22. The zero-order valence-electron chi connectivity index (χ0n) is 13.1. The first kappa shape index (κ1) is 13.7. The summed E-state index contributed by atoms with van der Waals surface area (Å²) in [7, 11) is 6.70. The Morgan fingerprint density at radius 1 is 1.10 bits per heavy atom. The van der Waals surface area contributed by atoms with Gasteiger partial charge in [0.05, 0.1) is 0 Å². The molecule has 110 valence electrons. The van der Waals surface area contributed by atoms with Gasteiger partial charge in [-0.25, -0.2) is 0 Å². The fraction of sp³-hybridized carbons (Fsp3) is 0.647. The van der Waals surface area contributed by atoms with E-state index in [0.29, 0.717) is 6.04 Å². The van der Waals surface area contributed by atoms with E-state index in [2.05, 4.69) is 54.0 Å². The molecule has 0 amide bonds. The van der Waals surface area contributed by atoms with Crippen molar-refractivity contribution < 1.29 is 0 Å². The van der Waals surface area contributed by atoms with Crippen molar-refractivity contribution in [2.75, 3.05) is 50.6 Å². The van der Waals surface area contributed by atoms with E-state index in [4.69, 9.17) is 0 Å². The van der Waals surface area contributed by atoms with Crippen molar-refractivity contribution in [2.45, 2.75) is 31.7 Å². The van der Waals surface area contributed by atoms with Crippen molar-refractivity contribution in [3.05, 3.63) is 23.8 Å². The van der Waals surface area contributed by atoms with Crippen LogP contribution in [0.3, 0.4) is 0 Å². The summed E-state index contributed by atoms with van der Waals surface area (Å²) in [5, 5.41) is 0. The van der Waals surface area contributed by atoms with Gasteiger partial charge in [-0.2, -0.15) is 0 Å². The highest BCUT2D eigenvalue weighted by molar-refractivity contribution is 5.63. The Kier molecular flexibility index (Phi) is 3.88. The second-order valence-electron chi connectivity index (χ2n) is 6.48. The molecule has 0 radical (unpaired) electrons. The van der Waals surface area contributed by atoms with Crippen LogP contribution in [0.25, 0.3) is 0 Å². The lowest BCUT2D eigenvalue weighted by molar-refractivity contribution is 0.253. The molecule has 0 atom stereocenters. The van der Waals surface area contributed by atoms with Gasteiger partial charge in [-0.05, 0) is 69.6 Å². The Morgan fingerprint density at radius 2 is 1.85 bits per heavy atom. The summed E-state index contributed by atoms with van der Waals surface area (Å²) in [6.45, 7) is 3.64. The number of hydrogen-bond donors (Lipinski definition) is 0. The third-order valence-corrected chi connectivity index (χ3v) is 5.06. The topological polar surface area (TPSA) is 9.72 Å². The molecule has 0 unspecified atom stereocenters. The van der Waals surface area contributed by atoms with Gasteiger partial charge in [-0.3, -0.25) is 0 Å². The van der Waals surface area contributed by atoms with E-state index in [9.17, 15) is 0 Å². The molecule has 3 rings (SSSR count). The second-order valence-corrected chi connectivity index (χ2v) is 6.48. The Balaban J connectivity index is 1.77. The number of aryl methyl sites for hydroxylation is 1. The lowest BCUT2D eigenvalue weighted by Crippen LogP contribution is -2.42. The molecule has 1 fully saturated rings. The Hall–Kier alpha value is -1.22. The number of likely N-dealkylation sites (tertiary alicyclic amines) is 1. The van der Waals surface area contributed by atoms with Crippen LogP contribution in [-0.4, -0.2) is 51.7 Å². The maximum atomic E-state index is 2.50. The van der Waals surface area contributed by atoms with E-state index in [0.717, 1.165) is 0 Å². The second kappa shape index (κ2) is 5.65. The van der Waals surface area contributed by atoms with Crippen molar-refractivity contribution >= 4 is 11.4 Å². The van der Waals surface area contributed by atoms with Gasteiger partial charge in [0.25, 0.3) is 0 Å². The van der Waals surface area contributed by atoms with E-state index in [1.54, 1.807) is 0 Å². The van der Waals surface area contributed by atoms with Gasteiger partial charge in [0.2, 0.25) is 0 Å². The zero-order chi connectivity index (χ0) is 14.1. The molecule has 20 heavy (non-hydrogen) atoms. The fourth-order valence-electron chi connectivity index (χ4n) is 3.58. The van der Waals surface area contributed by atoms with Crippen molar-refractivity contribution in [1.82, 2.24) is 4.90 Å². The predicted molar refractivity (Wildman–Crippen MR) is 87.0 cm³/mol. The fourth-order valence-corrected chi connectivity index (χ4v) is 3.58. The van der Waals surface area contributed by atoms with Gasteiger partial charge >= 0.3 is 0 Å². The van der Waals surface area contributed by atoms with Crippen LogP contribution in [-0.2, 0) is 6.42 Å². The Morgan fingerprint density at radius 3 is 2.60 bits per heavy atom. The van der Waals surface area contributed by atoms with Crippen molar-refractivity contribution in [3.63, 3.8) is 0 Å². The number of hydrogen-bond acceptors (Lipinski definition) is 3. The molecule has 3 heteroatoms. The maximum Gasteiger partial charge on any atom is 0.0397 e. The molecule has 0 bridgehead atoms. The Labute approximate surface area is 123 Å². The molecule has 0 saturated carbocycles. The standard InChI is InChI=1S/C17H27N3/c1-18-11-8-15(9-12-18)20(3)16-6-7-17-14(13-16)5-4-10-19(17)2/h6-7,13,15H,4-5,8-12H2,1-3H3. The summed E-state index contributed by atoms with van der Waals surface area (Å²) < 4.78 is 0. The predicted octanol–water partition coefficient (Wildman–Crippen LogP) is 2.60. The average molecular weight is 273 g/mol. The van der Waals surface area contributed by atoms with Crippen LogP contribution < -0.4 is 9.80 Å². The van der Waals surface area contributed by atoms with E-state index < -0.39 is 0 Å². The molecule has 0 aliphatic carbocycles. The molecule has 3 nitrogen and oxygen atoms in total. The number of fused-ring (bicyclic) bond motifs is 1. The highest BCUT2D eigenvalue weighted by atomic mass is 15.2. The van der Waals surface area contributed by atoms with Gasteiger partial charge in [-0.1, -0.05) is 0 Å². The maximum absolute atomic E-state index is 2.50. The summed E-state index contributed by atoms with van der Waals surface area (Å²) in [4.78, 5) is 7.33. The summed E-state index contributed by atoms with van der Waals surface area (Å²) >= 11 is 0. The van der Waals surface area contributed by atoms with Crippen molar-refractivity contribution in [2.24, 2.45) is 0 Å². The van der Waals surface area contributed by atoms with E-state index in [-0.39, 0.29) is 0 Å². The van der Waals surface area contributed by atoms with E-state index in [1.165, 1.54) is 62.3 Å². The molecule has 2 aliphatic rings. The molecular weight excluding hydrogens is 246 g/mol. The highest BCUT2D eigenvalue weighted by Crippen LogP contribution is 2.31. The van der Waals surface area contributed by atoms with Gasteiger partial charge < -0.3 is 14.7 Å². The first-order valence-electron chi connectivity index (χ1n) is 7.90. The van der Waals surface area contributed by atoms with Gasteiger partial charge in [-0.15, -0.1) is 0 Å². The quantitative estimate of drug-likeness (QED) is 0.820.